The van der Waals surface area contributed by atoms with Gasteiger partial charge in [0.15, 0.2) is 5.82 Å². The Morgan fingerprint density at radius 3 is 2.65 bits per heavy atom. The number of anilines is 1. The molecule has 0 aliphatic carbocycles. The summed E-state index contributed by atoms with van der Waals surface area (Å²) in [4.78, 5) is 20.7. The molecule has 3 aromatic rings. The minimum Gasteiger partial charge on any atom is -0.447 e. The number of hydrogen-bond donors (Lipinski definition) is 0. The molecule has 178 valence electrons. The summed E-state index contributed by atoms with van der Waals surface area (Å²) in [5.41, 5.74) is 1.85. The number of fused-ring (bicyclic) bond motifs is 3. The molecule has 34 heavy (non-hydrogen) atoms. The molecule has 1 fully saturated rings. The van der Waals surface area contributed by atoms with Gasteiger partial charge in [-0.3, -0.25) is 9.47 Å². The van der Waals surface area contributed by atoms with Crippen molar-refractivity contribution >= 4 is 23.5 Å². The second-order valence-electron chi connectivity index (χ2n) is 8.97. The number of amides is 1. The zero-order valence-corrected chi connectivity index (χ0v) is 19.9. The summed E-state index contributed by atoms with van der Waals surface area (Å²) in [7, 11) is 0. The molecule has 2 aliphatic rings. The zero-order chi connectivity index (χ0) is 23.8. The van der Waals surface area contributed by atoms with Crippen molar-refractivity contribution in [1.29, 1.82) is 0 Å². The van der Waals surface area contributed by atoms with Crippen LogP contribution in [0.2, 0.25) is 5.02 Å². The third-order valence-corrected chi connectivity index (χ3v) is 6.46. The van der Waals surface area contributed by atoms with Crippen LogP contribution >= 0.6 is 11.6 Å². The standard InChI is InChI=1S/C24H26ClFN6O2/c1-15(2)34-24(33)31-13-17-11-18(25)3-5-20(17)32-22(14-31)28-29-23(32)16-7-9-30(10-8-16)21-6-4-19(26)12-27-21/h3-6,11-12,15-16H,7-10,13-14H2,1-2H3. The molecule has 0 atom stereocenters. The predicted octanol–water partition coefficient (Wildman–Crippen LogP) is 4.70. The molecule has 1 saturated heterocycles. The fourth-order valence-electron chi connectivity index (χ4n) is 4.62. The van der Waals surface area contributed by atoms with Gasteiger partial charge in [-0.05, 0) is 62.6 Å². The second kappa shape index (κ2) is 9.21. The van der Waals surface area contributed by atoms with E-state index in [1.165, 1.54) is 12.3 Å². The van der Waals surface area contributed by atoms with Crippen LogP contribution in [-0.2, 0) is 17.8 Å². The van der Waals surface area contributed by atoms with Crippen molar-refractivity contribution < 1.29 is 13.9 Å². The van der Waals surface area contributed by atoms with Gasteiger partial charge in [-0.15, -0.1) is 10.2 Å². The molecule has 0 radical (unpaired) electrons. The van der Waals surface area contributed by atoms with E-state index >= 15 is 0 Å². The van der Waals surface area contributed by atoms with Gasteiger partial charge in [0.05, 0.1) is 31.1 Å². The molecular weight excluding hydrogens is 459 g/mol. The molecular formula is C24H26ClFN6O2. The Labute approximate surface area is 202 Å². The van der Waals surface area contributed by atoms with Crippen molar-refractivity contribution in [3.8, 4) is 5.69 Å². The van der Waals surface area contributed by atoms with Gasteiger partial charge in [-0.25, -0.2) is 14.2 Å². The topological polar surface area (TPSA) is 76.4 Å². The van der Waals surface area contributed by atoms with E-state index in [9.17, 15) is 9.18 Å². The number of aromatic nitrogens is 4. The van der Waals surface area contributed by atoms with Gasteiger partial charge < -0.3 is 9.64 Å². The average Bonchev–Trinajstić information content (AvgIpc) is 3.15. The first kappa shape index (κ1) is 22.6. The van der Waals surface area contributed by atoms with Crippen LogP contribution in [0.1, 0.15) is 49.8 Å². The first-order valence-corrected chi connectivity index (χ1v) is 11.8. The normalized spacial score (nSPS) is 16.3. The summed E-state index contributed by atoms with van der Waals surface area (Å²) in [5, 5.41) is 9.65. The van der Waals surface area contributed by atoms with Gasteiger partial charge in [-0.2, -0.15) is 0 Å². The number of carbonyl (C=O) groups is 1. The van der Waals surface area contributed by atoms with Crippen molar-refractivity contribution in [2.24, 2.45) is 0 Å². The highest BCUT2D eigenvalue weighted by Crippen LogP contribution is 2.34. The number of rotatable bonds is 3. The van der Waals surface area contributed by atoms with Gasteiger partial charge in [0.2, 0.25) is 0 Å². The Hall–Kier alpha value is -3.20. The monoisotopic (exact) mass is 484 g/mol. The predicted molar refractivity (Wildman–Crippen MR) is 126 cm³/mol. The molecule has 2 aliphatic heterocycles. The number of pyridine rings is 1. The summed E-state index contributed by atoms with van der Waals surface area (Å²) >= 11 is 6.30. The maximum atomic E-state index is 13.2. The third kappa shape index (κ3) is 4.44. The van der Waals surface area contributed by atoms with E-state index in [2.05, 4.69) is 24.6 Å². The average molecular weight is 485 g/mol. The van der Waals surface area contributed by atoms with Crippen LogP contribution in [0.3, 0.4) is 0 Å². The van der Waals surface area contributed by atoms with E-state index in [0.717, 1.165) is 48.8 Å². The van der Waals surface area contributed by atoms with Crippen LogP contribution < -0.4 is 4.90 Å². The largest absolute Gasteiger partial charge is 0.447 e. The van der Waals surface area contributed by atoms with E-state index in [1.54, 1.807) is 11.0 Å². The Balaban J connectivity index is 1.43. The first-order chi connectivity index (χ1) is 16.4. The summed E-state index contributed by atoms with van der Waals surface area (Å²) in [6.07, 6.45) is 2.36. The summed E-state index contributed by atoms with van der Waals surface area (Å²) in [5.74, 6) is 2.20. The molecule has 0 N–H and O–H groups in total. The van der Waals surface area contributed by atoms with Crippen molar-refractivity contribution in [2.75, 3.05) is 18.0 Å². The number of nitrogens with zero attached hydrogens (tertiary/aromatic N) is 6. The molecule has 8 nitrogen and oxygen atoms in total. The van der Waals surface area contributed by atoms with Crippen molar-refractivity contribution in [3.05, 3.63) is 64.6 Å². The van der Waals surface area contributed by atoms with E-state index in [1.807, 2.05) is 32.0 Å². The molecule has 10 heteroatoms. The molecule has 1 amide bonds. The lowest BCUT2D eigenvalue weighted by Gasteiger charge is -2.32. The van der Waals surface area contributed by atoms with Gasteiger partial charge in [-0.1, -0.05) is 11.6 Å². The van der Waals surface area contributed by atoms with Crippen molar-refractivity contribution in [2.45, 2.75) is 51.8 Å². The number of ether oxygens (including phenoxy) is 1. The highest BCUT2D eigenvalue weighted by atomic mass is 35.5. The lowest BCUT2D eigenvalue weighted by atomic mass is 9.95. The lowest BCUT2D eigenvalue weighted by molar-refractivity contribution is 0.0718. The number of carbonyl (C=O) groups excluding carboxylic acids is 1. The molecule has 0 spiro atoms. The SMILES string of the molecule is CC(C)OC(=O)N1Cc2cc(Cl)ccc2-n2c(nnc2C2CCN(c3ccc(F)cn3)CC2)C1. The first-order valence-electron chi connectivity index (χ1n) is 11.4. The second-order valence-corrected chi connectivity index (χ2v) is 9.40. The summed E-state index contributed by atoms with van der Waals surface area (Å²) < 4.78 is 20.8. The molecule has 1 aromatic carbocycles. The van der Waals surface area contributed by atoms with Crippen LogP contribution in [-0.4, -0.2) is 49.9 Å². The Morgan fingerprint density at radius 1 is 1.15 bits per heavy atom. The fraction of sp³-hybridized carbons (Fsp3) is 0.417. The zero-order valence-electron chi connectivity index (χ0n) is 19.1. The van der Waals surface area contributed by atoms with Crippen LogP contribution in [0.15, 0.2) is 36.5 Å². The molecule has 0 unspecified atom stereocenters. The van der Waals surface area contributed by atoms with Crippen LogP contribution in [0, 0.1) is 5.82 Å². The highest BCUT2D eigenvalue weighted by molar-refractivity contribution is 6.30. The van der Waals surface area contributed by atoms with Gasteiger partial charge in [0, 0.05) is 24.0 Å². The van der Waals surface area contributed by atoms with Gasteiger partial charge in [0.25, 0.3) is 0 Å². The Kier molecular flexibility index (Phi) is 6.12. The third-order valence-electron chi connectivity index (χ3n) is 6.22. The highest BCUT2D eigenvalue weighted by Gasteiger charge is 2.32. The smallest absolute Gasteiger partial charge is 0.410 e. The quantitative estimate of drug-likeness (QED) is 0.536. The van der Waals surface area contributed by atoms with Crippen molar-refractivity contribution in [1.82, 2.24) is 24.6 Å². The van der Waals surface area contributed by atoms with E-state index in [-0.39, 0.29) is 23.9 Å². The number of halogens is 2. The molecule has 2 aromatic heterocycles. The Bertz CT molecular complexity index is 1190. The molecule has 5 rings (SSSR count). The Morgan fingerprint density at radius 2 is 1.94 bits per heavy atom. The summed E-state index contributed by atoms with van der Waals surface area (Å²) in [6.45, 7) is 5.89. The van der Waals surface area contributed by atoms with Crippen LogP contribution in [0.5, 0.6) is 0 Å². The number of benzene rings is 1. The van der Waals surface area contributed by atoms with Gasteiger partial charge in [0.1, 0.15) is 17.5 Å². The fourth-order valence-corrected chi connectivity index (χ4v) is 4.81. The molecule has 4 heterocycles. The number of hydrogen-bond acceptors (Lipinski definition) is 6. The maximum Gasteiger partial charge on any atom is 0.410 e. The minimum atomic E-state index is -0.390. The van der Waals surface area contributed by atoms with Gasteiger partial charge >= 0.3 is 6.09 Å². The minimum absolute atomic E-state index is 0.190. The van der Waals surface area contributed by atoms with E-state index in [0.29, 0.717) is 23.9 Å². The molecule has 0 saturated carbocycles. The van der Waals surface area contributed by atoms with Crippen LogP contribution in [0.25, 0.3) is 5.69 Å². The lowest BCUT2D eigenvalue weighted by Crippen LogP contribution is -2.34. The van der Waals surface area contributed by atoms with Crippen molar-refractivity contribution in [3.63, 3.8) is 0 Å². The van der Waals surface area contributed by atoms with E-state index in [4.69, 9.17) is 16.3 Å². The van der Waals surface area contributed by atoms with E-state index < -0.39 is 0 Å². The number of piperidine rings is 1. The van der Waals surface area contributed by atoms with Crippen LogP contribution in [0.4, 0.5) is 15.0 Å². The summed E-state index contributed by atoms with van der Waals surface area (Å²) in [6, 6.07) is 8.84. The molecule has 0 bridgehead atoms. The maximum absolute atomic E-state index is 13.2.